The topological polar surface area (TPSA) is 107 Å². The van der Waals surface area contributed by atoms with Crippen molar-refractivity contribution in [2.45, 2.75) is 64.8 Å². The number of hydrogen-bond acceptors (Lipinski definition) is 7. The van der Waals surface area contributed by atoms with E-state index in [1.54, 1.807) is 19.1 Å². The monoisotopic (exact) mass is 589 g/mol. The molecule has 0 radical (unpaired) electrons. The van der Waals surface area contributed by atoms with Gasteiger partial charge in [-0.05, 0) is 69.2 Å². The maximum absolute atomic E-state index is 13.3. The van der Waals surface area contributed by atoms with Crippen LogP contribution >= 0.6 is 11.3 Å². The number of amides is 1. The third kappa shape index (κ3) is 7.87. The van der Waals surface area contributed by atoms with Gasteiger partial charge < -0.3 is 14.0 Å². The van der Waals surface area contributed by atoms with Crippen molar-refractivity contribution in [2.75, 3.05) is 32.9 Å². The molecule has 0 saturated heterocycles. The number of nitrogens with zero attached hydrogens (tertiary/aromatic N) is 3. The van der Waals surface area contributed by atoms with E-state index in [0.29, 0.717) is 43.2 Å². The molecular weight excluding hydrogens is 550 g/mol. The van der Waals surface area contributed by atoms with E-state index in [1.807, 2.05) is 31.4 Å². The van der Waals surface area contributed by atoms with Crippen LogP contribution in [0, 0.1) is 0 Å². The number of sulfonamides is 1. The van der Waals surface area contributed by atoms with Gasteiger partial charge in [-0.15, -0.1) is 0 Å². The van der Waals surface area contributed by atoms with E-state index in [-0.39, 0.29) is 17.1 Å². The number of unbranched alkanes of at least 4 members (excludes halogenated alkanes) is 2. The summed E-state index contributed by atoms with van der Waals surface area (Å²) in [6, 6.07) is 11.2. The first-order valence-electron chi connectivity index (χ1n) is 13.8. The van der Waals surface area contributed by atoms with E-state index >= 15 is 0 Å². The number of carbonyl (C=O) groups excluding carboxylic acids is 2. The van der Waals surface area contributed by atoms with Crippen LogP contribution in [-0.4, -0.2) is 62.1 Å². The zero-order valence-corrected chi connectivity index (χ0v) is 25.4. The van der Waals surface area contributed by atoms with E-state index in [1.165, 1.54) is 39.9 Å². The molecular formula is C29H39N3O6S2. The molecule has 0 aliphatic heterocycles. The van der Waals surface area contributed by atoms with Gasteiger partial charge in [0.25, 0.3) is 5.91 Å². The number of aromatic nitrogens is 1. The normalized spacial score (nSPS) is 12.4. The molecule has 0 fully saturated rings. The molecule has 3 aromatic rings. The van der Waals surface area contributed by atoms with Gasteiger partial charge in [-0.1, -0.05) is 38.0 Å². The Balaban J connectivity index is 1.94. The Bertz CT molecular complexity index is 1450. The molecule has 0 spiro atoms. The fourth-order valence-corrected chi connectivity index (χ4v) is 6.72. The van der Waals surface area contributed by atoms with Gasteiger partial charge in [0.15, 0.2) is 4.80 Å². The molecule has 0 aliphatic carbocycles. The van der Waals surface area contributed by atoms with Gasteiger partial charge in [0, 0.05) is 31.8 Å². The Morgan fingerprint density at radius 3 is 2.17 bits per heavy atom. The van der Waals surface area contributed by atoms with Crippen LogP contribution in [0.25, 0.3) is 10.2 Å². The van der Waals surface area contributed by atoms with Gasteiger partial charge in [-0.25, -0.2) is 13.2 Å². The van der Waals surface area contributed by atoms with Crippen LogP contribution in [0.15, 0.2) is 52.4 Å². The van der Waals surface area contributed by atoms with Crippen molar-refractivity contribution in [3.63, 3.8) is 0 Å². The van der Waals surface area contributed by atoms with Crippen LogP contribution < -0.4 is 4.80 Å². The number of esters is 1. The van der Waals surface area contributed by atoms with Crippen LogP contribution in [0.4, 0.5) is 0 Å². The van der Waals surface area contributed by atoms with Crippen molar-refractivity contribution in [2.24, 2.45) is 4.99 Å². The molecule has 1 aromatic heterocycles. The van der Waals surface area contributed by atoms with Crippen molar-refractivity contribution in [3.8, 4) is 0 Å². The molecule has 3 rings (SSSR count). The molecule has 0 bridgehead atoms. The zero-order chi connectivity index (χ0) is 29.1. The highest BCUT2D eigenvalue weighted by molar-refractivity contribution is 7.89. The lowest BCUT2D eigenvalue weighted by Crippen LogP contribution is -2.33. The maximum atomic E-state index is 13.3. The average Bonchev–Trinajstić information content (AvgIpc) is 3.29. The van der Waals surface area contributed by atoms with Crippen molar-refractivity contribution in [1.29, 1.82) is 0 Å². The molecule has 0 saturated carbocycles. The summed E-state index contributed by atoms with van der Waals surface area (Å²) >= 11 is 1.29. The Kier molecular flexibility index (Phi) is 12.1. The van der Waals surface area contributed by atoms with Crippen molar-refractivity contribution < 1.29 is 27.5 Å². The van der Waals surface area contributed by atoms with Gasteiger partial charge in [0.05, 0.1) is 33.9 Å². The number of rotatable bonds is 15. The molecule has 40 heavy (non-hydrogen) atoms. The molecule has 1 amide bonds. The highest BCUT2D eigenvalue weighted by Crippen LogP contribution is 2.21. The molecule has 0 atom stereocenters. The minimum Gasteiger partial charge on any atom is -0.462 e. The summed E-state index contributed by atoms with van der Waals surface area (Å²) in [6.45, 7) is 10.4. The second kappa shape index (κ2) is 15.2. The van der Waals surface area contributed by atoms with Crippen LogP contribution in [0.2, 0.25) is 0 Å². The summed E-state index contributed by atoms with van der Waals surface area (Å²) in [4.78, 5) is 30.4. The fraction of sp³-hybridized carbons (Fsp3) is 0.483. The maximum Gasteiger partial charge on any atom is 0.338 e. The number of thiazole rings is 1. The molecule has 11 heteroatoms. The van der Waals surface area contributed by atoms with Crippen LogP contribution in [0.5, 0.6) is 0 Å². The second-order valence-corrected chi connectivity index (χ2v) is 12.1. The summed E-state index contributed by atoms with van der Waals surface area (Å²) in [6.07, 6.45) is 3.38. The predicted molar refractivity (Wildman–Crippen MR) is 157 cm³/mol. The van der Waals surface area contributed by atoms with Crippen molar-refractivity contribution in [3.05, 3.63) is 58.4 Å². The third-order valence-corrected chi connectivity index (χ3v) is 9.27. The number of fused-ring (bicyclic) bond motifs is 1. The smallest absolute Gasteiger partial charge is 0.338 e. The van der Waals surface area contributed by atoms with Crippen LogP contribution in [-0.2, 0) is 26.0 Å². The van der Waals surface area contributed by atoms with Crippen LogP contribution in [0.1, 0.15) is 74.1 Å². The highest BCUT2D eigenvalue weighted by Gasteiger charge is 2.24. The summed E-state index contributed by atoms with van der Waals surface area (Å²) in [5.41, 5.74) is 1.53. The zero-order valence-electron chi connectivity index (χ0n) is 23.7. The summed E-state index contributed by atoms with van der Waals surface area (Å²) in [5, 5.41) is 0. The largest absolute Gasteiger partial charge is 0.462 e. The van der Waals surface area contributed by atoms with Gasteiger partial charge >= 0.3 is 5.97 Å². The van der Waals surface area contributed by atoms with E-state index in [0.717, 1.165) is 35.9 Å². The molecule has 0 N–H and O–H groups in total. The van der Waals surface area contributed by atoms with Crippen molar-refractivity contribution >= 4 is 43.5 Å². The number of carbonyl (C=O) groups is 2. The number of ether oxygens (including phenoxy) is 2. The van der Waals surface area contributed by atoms with Gasteiger partial charge in [-0.2, -0.15) is 9.30 Å². The third-order valence-electron chi connectivity index (χ3n) is 6.32. The first-order chi connectivity index (χ1) is 19.3. The molecule has 0 aliphatic rings. The molecule has 218 valence electrons. The van der Waals surface area contributed by atoms with Crippen molar-refractivity contribution in [1.82, 2.24) is 8.87 Å². The summed E-state index contributed by atoms with van der Waals surface area (Å²) < 4.78 is 41.4. The highest BCUT2D eigenvalue weighted by atomic mass is 32.2. The Morgan fingerprint density at radius 2 is 1.57 bits per heavy atom. The van der Waals surface area contributed by atoms with Crippen LogP contribution in [0.3, 0.4) is 0 Å². The minimum absolute atomic E-state index is 0.163. The molecule has 1 heterocycles. The SMILES string of the molecule is CCCCN(CCCC)S(=O)(=O)c1ccc(C(=O)N=c2sc3cc(C(=O)OCC)ccc3n2CCOCC)cc1. The van der Waals surface area contributed by atoms with Gasteiger partial charge in [0.1, 0.15) is 0 Å². The first-order valence-corrected chi connectivity index (χ1v) is 16.1. The quantitative estimate of drug-likeness (QED) is 0.177. The fourth-order valence-electron chi connectivity index (χ4n) is 4.11. The Morgan fingerprint density at radius 1 is 0.925 bits per heavy atom. The first kappa shape index (κ1) is 31.7. The second-order valence-electron chi connectivity index (χ2n) is 9.19. The lowest BCUT2D eigenvalue weighted by Gasteiger charge is -2.22. The molecule has 2 aromatic carbocycles. The Labute approximate surface area is 240 Å². The Hall–Kier alpha value is -2.86. The van der Waals surface area contributed by atoms with E-state index in [2.05, 4.69) is 4.99 Å². The lowest BCUT2D eigenvalue weighted by molar-refractivity contribution is 0.0526. The summed E-state index contributed by atoms with van der Waals surface area (Å²) in [7, 11) is -3.66. The number of benzene rings is 2. The molecule has 9 nitrogen and oxygen atoms in total. The molecule has 0 unspecified atom stereocenters. The minimum atomic E-state index is -3.66. The summed E-state index contributed by atoms with van der Waals surface area (Å²) in [5.74, 6) is -0.897. The standard InChI is InChI=1S/C29H39N3O6S2/c1-5-9-17-31(18-10-6-2)40(35,36)24-14-11-22(12-15-24)27(33)30-29-32(19-20-37-7-3)25-16-13-23(21-26(25)39-29)28(34)38-8-4/h11-16,21H,5-10,17-20H2,1-4H3. The van der Waals surface area contributed by atoms with Gasteiger partial charge in [-0.3, -0.25) is 4.79 Å². The van der Waals surface area contributed by atoms with E-state index < -0.39 is 21.9 Å². The van der Waals surface area contributed by atoms with Gasteiger partial charge in [0.2, 0.25) is 10.0 Å². The van der Waals surface area contributed by atoms with E-state index in [4.69, 9.17) is 9.47 Å². The predicted octanol–water partition coefficient (Wildman–Crippen LogP) is 5.25. The number of hydrogen-bond donors (Lipinski definition) is 0. The lowest BCUT2D eigenvalue weighted by atomic mass is 10.2. The average molecular weight is 590 g/mol. The van der Waals surface area contributed by atoms with E-state index in [9.17, 15) is 18.0 Å².